The number of aryl methyl sites for hydroxylation is 1. The van der Waals surface area contributed by atoms with Crippen LogP contribution in [0.25, 0.3) is 0 Å². The van der Waals surface area contributed by atoms with Crippen molar-refractivity contribution in [3.05, 3.63) is 81.3 Å². The van der Waals surface area contributed by atoms with Gasteiger partial charge in [0.1, 0.15) is 0 Å². The molecule has 0 aromatic heterocycles. The fourth-order valence-corrected chi connectivity index (χ4v) is 4.68. The van der Waals surface area contributed by atoms with Gasteiger partial charge in [0.2, 0.25) is 0 Å². The zero-order valence-corrected chi connectivity index (χ0v) is 14.6. The van der Waals surface area contributed by atoms with Crippen molar-refractivity contribution in [1.29, 1.82) is 0 Å². The van der Waals surface area contributed by atoms with Crippen molar-refractivity contribution < 1.29 is 4.79 Å². The van der Waals surface area contributed by atoms with Crippen LogP contribution in [0.1, 0.15) is 36.0 Å². The number of allylic oxidation sites excluding steroid dienone is 2. The highest BCUT2D eigenvalue weighted by Crippen LogP contribution is 2.49. The van der Waals surface area contributed by atoms with E-state index >= 15 is 0 Å². The monoisotopic (exact) mass is 366 g/mol. The highest BCUT2D eigenvalue weighted by molar-refractivity contribution is 9.10. The number of halogens is 1. The molecule has 0 fully saturated rings. The van der Waals surface area contributed by atoms with Gasteiger partial charge in [-0.15, -0.1) is 0 Å². The number of hydrogen-bond donors (Lipinski definition) is 0. The second-order valence-corrected chi connectivity index (χ2v) is 7.60. The van der Waals surface area contributed by atoms with Crippen LogP contribution in [0, 0.1) is 0 Å². The van der Waals surface area contributed by atoms with Gasteiger partial charge in [0.25, 0.3) is 0 Å². The Balaban J connectivity index is 1.88. The molecular weight excluding hydrogens is 348 g/mol. The van der Waals surface area contributed by atoms with Crippen LogP contribution in [0.4, 0.5) is 0 Å². The number of benzene rings is 2. The SMILES string of the molecule is O=C1C=C2CCc3cc(Br)ccc3[C@]2(Cc2ccccc2)CC1. The lowest BCUT2D eigenvalue weighted by atomic mass is 9.59. The Morgan fingerprint density at radius 3 is 2.65 bits per heavy atom. The smallest absolute Gasteiger partial charge is 0.155 e. The first kappa shape index (κ1) is 14.9. The third kappa shape index (κ3) is 2.59. The maximum atomic E-state index is 12.0. The predicted molar refractivity (Wildman–Crippen MR) is 96.6 cm³/mol. The molecule has 2 aliphatic rings. The van der Waals surface area contributed by atoms with Crippen LogP contribution in [0.2, 0.25) is 0 Å². The summed E-state index contributed by atoms with van der Waals surface area (Å²) in [7, 11) is 0. The molecule has 2 aromatic carbocycles. The summed E-state index contributed by atoms with van der Waals surface area (Å²) >= 11 is 3.60. The quantitative estimate of drug-likeness (QED) is 0.716. The summed E-state index contributed by atoms with van der Waals surface area (Å²) in [5, 5.41) is 0. The molecule has 0 heterocycles. The van der Waals surface area contributed by atoms with E-state index in [9.17, 15) is 4.79 Å². The van der Waals surface area contributed by atoms with E-state index in [-0.39, 0.29) is 5.41 Å². The number of carbonyl (C=O) groups excluding carboxylic acids is 1. The maximum absolute atomic E-state index is 12.0. The summed E-state index contributed by atoms with van der Waals surface area (Å²) in [5.74, 6) is 0.296. The third-order valence-corrected chi connectivity index (χ3v) is 5.84. The van der Waals surface area contributed by atoms with E-state index in [0.29, 0.717) is 12.2 Å². The molecular formula is C21H19BrO. The molecule has 2 aromatic rings. The molecule has 0 amide bonds. The first-order valence-corrected chi connectivity index (χ1v) is 9.03. The Morgan fingerprint density at radius 1 is 1.00 bits per heavy atom. The fourth-order valence-electron chi connectivity index (χ4n) is 4.27. The first-order chi connectivity index (χ1) is 11.2. The molecule has 2 heteroatoms. The highest BCUT2D eigenvalue weighted by atomic mass is 79.9. The molecule has 0 spiro atoms. The van der Waals surface area contributed by atoms with E-state index in [1.54, 1.807) is 0 Å². The minimum Gasteiger partial charge on any atom is -0.295 e. The molecule has 1 atom stereocenters. The van der Waals surface area contributed by atoms with Crippen molar-refractivity contribution in [2.45, 2.75) is 37.5 Å². The minimum absolute atomic E-state index is 0.00352. The molecule has 0 aliphatic heterocycles. The van der Waals surface area contributed by atoms with Gasteiger partial charge in [-0.05, 0) is 60.6 Å². The van der Waals surface area contributed by atoms with E-state index in [2.05, 4.69) is 64.5 Å². The number of ketones is 1. The van der Waals surface area contributed by atoms with Crippen LogP contribution < -0.4 is 0 Å². The lowest BCUT2D eigenvalue weighted by Gasteiger charge is -2.44. The Kier molecular flexibility index (Phi) is 3.73. The van der Waals surface area contributed by atoms with E-state index < -0.39 is 0 Å². The second-order valence-electron chi connectivity index (χ2n) is 6.68. The first-order valence-electron chi connectivity index (χ1n) is 8.24. The van der Waals surface area contributed by atoms with Crippen molar-refractivity contribution in [3.8, 4) is 0 Å². The van der Waals surface area contributed by atoms with E-state index in [4.69, 9.17) is 0 Å². The molecule has 23 heavy (non-hydrogen) atoms. The average Bonchev–Trinajstić information content (AvgIpc) is 2.56. The minimum atomic E-state index is 0.00352. The van der Waals surface area contributed by atoms with Gasteiger partial charge in [-0.1, -0.05) is 57.9 Å². The van der Waals surface area contributed by atoms with Gasteiger partial charge in [0.15, 0.2) is 5.78 Å². The molecule has 0 saturated heterocycles. The fraction of sp³-hybridized carbons (Fsp3) is 0.286. The average molecular weight is 367 g/mol. The molecule has 116 valence electrons. The molecule has 2 aliphatic carbocycles. The van der Waals surface area contributed by atoms with Crippen LogP contribution in [0.15, 0.2) is 64.7 Å². The Hall–Kier alpha value is -1.67. The van der Waals surface area contributed by atoms with E-state index in [1.165, 1.54) is 22.3 Å². The molecule has 4 rings (SSSR count). The number of hydrogen-bond acceptors (Lipinski definition) is 1. The van der Waals surface area contributed by atoms with Gasteiger partial charge >= 0.3 is 0 Å². The maximum Gasteiger partial charge on any atom is 0.155 e. The van der Waals surface area contributed by atoms with Crippen molar-refractivity contribution in [2.75, 3.05) is 0 Å². The summed E-state index contributed by atoms with van der Waals surface area (Å²) in [4.78, 5) is 12.0. The highest BCUT2D eigenvalue weighted by Gasteiger charge is 2.42. The van der Waals surface area contributed by atoms with E-state index in [0.717, 1.165) is 30.2 Å². The number of rotatable bonds is 2. The zero-order valence-electron chi connectivity index (χ0n) is 13.0. The Bertz CT molecular complexity index is 791. The summed E-state index contributed by atoms with van der Waals surface area (Å²) in [6, 6.07) is 17.4. The molecule has 1 nitrogen and oxygen atoms in total. The lowest BCUT2D eigenvalue weighted by Crippen LogP contribution is -2.39. The van der Waals surface area contributed by atoms with Crippen LogP contribution in [-0.2, 0) is 23.1 Å². The van der Waals surface area contributed by atoms with Gasteiger partial charge in [-0.3, -0.25) is 4.79 Å². The van der Waals surface area contributed by atoms with Crippen molar-refractivity contribution >= 4 is 21.7 Å². The molecule has 0 unspecified atom stereocenters. The lowest BCUT2D eigenvalue weighted by molar-refractivity contribution is -0.115. The van der Waals surface area contributed by atoms with Gasteiger partial charge in [0.05, 0.1) is 0 Å². The van der Waals surface area contributed by atoms with Gasteiger partial charge in [-0.2, -0.15) is 0 Å². The molecule has 0 radical (unpaired) electrons. The van der Waals surface area contributed by atoms with Crippen molar-refractivity contribution in [1.82, 2.24) is 0 Å². The Morgan fingerprint density at radius 2 is 1.83 bits per heavy atom. The second kappa shape index (κ2) is 5.76. The van der Waals surface area contributed by atoms with Gasteiger partial charge < -0.3 is 0 Å². The largest absolute Gasteiger partial charge is 0.295 e. The zero-order chi connectivity index (χ0) is 15.9. The van der Waals surface area contributed by atoms with E-state index in [1.807, 2.05) is 6.08 Å². The molecule has 0 bridgehead atoms. The molecule has 0 saturated carbocycles. The summed E-state index contributed by atoms with van der Waals surface area (Å²) in [6.45, 7) is 0. The van der Waals surface area contributed by atoms with Crippen LogP contribution >= 0.6 is 15.9 Å². The summed E-state index contributed by atoms with van der Waals surface area (Å²) in [6.07, 6.45) is 6.55. The number of fused-ring (bicyclic) bond motifs is 3. The van der Waals surface area contributed by atoms with Crippen LogP contribution in [0.3, 0.4) is 0 Å². The van der Waals surface area contributed by atoms with Crippen molar-refractivity contribution in [2.24, 2.45) is 0 Å². The van der Waals surface area contributed by atoms with Crippen molar-refractivity contribution in [3.63, 3.8) is 0 Å². The molecule has 0 N–H and O–H groups in total. The predicted octanol–water partition coefficient (Wildman–Crippen LogP) is 5.17. The van der Waals surface area contributed by atoms with Gasteiger partial charge in [0, 0.05) is 16.3 Å². The van der Waals surface area contributed by atoms with Crippen LogP contribution in [0.5, 0.6) is 0 Å². The third-order valence-electron chi connectivity index (χ3n) is 5.34. The van der Waals surface area contributed by atoms with Crippen LogP contribution in [-0.4, -0.2) is 5.78 Å². The summed E-state index contributed by atoms with van der Waals surface area (Å²) in [5.41, 5.74) is 5.55. The standard InChI is InChI=1S/C21H19BrO/c22-18-8-9-20-16(12-18)6-7-17-13-19(23)10-11-21(17,20)14-15-4-2-1-3-5-15/h1-5,8-9,12-13H,6-7,10-11,14H2/t21-/m0/s1. The Labute approximate surface area is 145 Å². The summed E-state index contributed by atoms with van der Waals surface area (Å²) < 4.78 is 1.14. The topological polar surface area (TPSA) is 17.1 Å². The normalized spacial score (nSPS) is 23.0. The van der Waals surface area contributed by atoms with Gasteiger partial charge in [-0.25, -0.2) is 0 Å². The number of carbonyl (C=O) groups is 1.